The van der Waals surface area contributed by atoms with E-state index >= 15 is 0 Å². The lowest BCUT2D eigenvalue weighted by Crippen LogP contribution is -2.48. The molecular weight excluding hydrogens is 430 g/mol. The average molecular weight is 465 g/mol. The molecule has 0 aromatic heterocycles. The molecule has 1 heterocycles. The highest BCUT2D eigenvalue weighted by Gasteiger charge is 2.35. The fourth-order valence-electron chi connectivity index (χ4n) is 3.38. The van der Waals surface area contributed by atoms with Gasteiger partial charge in [0.1, 0.15) is 12.2 Å². The third-order valence-electron chi connectivity index (χ3n) is 5.42. The Morgan fingerprint density at radius 2 is 1.91 bits per heavy atom. The first-order valence-corrected chi connectivity index (χ1v) is 11.2. The number of hydrogen-bond acceptors (Lipinski definition) is 9. The number of aliphatic hydroxyl groups is 2. The Morgan fingerprint density at radius 1 is 1.21 bits per heavy atom. The number of carbonyl (C=O) groups excluding carboxylic acids is 2. The molecule has 0 radical (unpaired) electrons. The van der Waals surface area contributed by atoms with Crippen molar-refractivity contribution in [1.29, 1.82) is 0 Å². The van der Waals surface area contributed by atoms with Crippen molar-refractivity contribution in [3.05, 3.63) is 48.2 Å². The van der Waals surface area contributed by atoms with Gasteiger partial charge in [0, 0.05) is 24.5 Å². The van der Waals surface area contributed by atoms with Gasteiger partial charge in [-0.05, 0) is 38.7 Å². The van der Waals surface area contributed by atoms with Crippen LogP contribution >= 0.6 is 0 Å². The van der Waals surface area contributed by atoms with E-state index < -0.39 is 42.6 Å². The molecule has 1 aliphatic rings. The summed E-state index contributed by atoms with van der Waals surface area (Å²) < 4.78 is 16.9. The molecule has 0 aliphatic carbocycles. The van der Waals surface area contributed by atoms with Crippen molar-refractivity contribution in [3.63, 3.8) is 0 Å². The van der Waals surface area contributed by atoms with Gasteiger partial charge in [-0.15, -0.1) is 0 Å². The van der Waals surface area contributed by atoms with Crippen LogP contribution in [0.4, 0.5) is 0 Å². The summed E-state index contributed by atoms with van der Waals surface area (Å²) in [6.45, 7) is 7.52. The number of esters is 1. The van der Waals surface area contributed by atoms with Gasteiger partial charge in [0.05, 0.1) is 24.9 Å². The maximum Gasteiger partial charge on any atom is 0.306 e. The van der Waals surface area contributed by atoms with E-state index in [0.717, 1.165) is 5.56 Å². The molecule has 0 amide bonds. The first-order valence-electron chi connectivity index (χ1n) is 11.2. The van der Waals surface area contributed by atoms with Crippen molar-refractivity contribution in [2.75, 3.05) is 6.54 Å². The number of carboxylic acid groups (broad SMARTS) is 1. The number of carbonyl (C=O) groups is 2. The Bertz CT molecular complexity index is 771. The summed E-state index contributed by atoms with van der Waals surface area (Å²) in [5.74, 6) is -1.58. The summed E-state index contributed by atoms with van der Waals surface area (Å²) in [6, 6.07) is 9.21. The molecule has 0 saturated carbocycles. The zero-order chi connectivity index (χ0) is 24.4. The Balaban J connectivity index is 1.84. The summed E-state index contributed by atoms with van der Waals surface area (Å²) in [7, 11) is 0. The molecule has 184 valence electrons. The van der Waals surface area contributed by atoms with Gasteiger partial charge in [-0.2, -0.15) is 0 Å². The summed E-state index contributed by atoms with van der Waals surface area (Å²) in [5, 5.41) is 33.4. The molecule has 1 saturated heterocycles. The predicted octanol–water partition coefficient (Wildman–Crippen LogP) is 0.946. The Hall–Kier alpha value is -2.46. The molecule has 2 unspecified atom stereocenters. The van der Waals surface area contributed by atoms with E-state index in [1.165, 1.54) is 0 Å². The van der Waals surface area contributed by atoms with E-state index in [0.29, 0.717) is 12.1 Å². The minimum atomic E-state index is -1.16. The number of hydrogen-bond donors (Lipinski definition) is 3. The zero-order valence-electron chi connectivity index (χ0n) is 19.1. The van der Waals surface area contributed by atoms with Crippen LogP contribution in [0.2, 0.25) is 0 Å². The van der Waals surface area contributed by atoms with E-state index in [2.05, 4.69) is 11.9 Å². The molecule has 1 aromatic rings. The molecule has 3 N–H and O–H groups in total. The van der Waals surface area contributed by atoms with Gasteiger partial charge in [0.2, 0.25) is 0 Å². The minimum Gasteiger partial charge on any atom is -0.550 e. The second kappa shape index (κ2) is 13.3. The molecule has 0 bridgehead atoms. The van der Waals surface area contributed by atoms with Crippen molar-refractivity contribution < 1.29 is 39.1 Å². The van der Waals surface area contributed by atoms with Crippen LogP contribution in [0.25, 0.3) is 0 Å². The van der Waals surface area contributed by atoms with Crippen LogP contribution in [0, 0.1) is 0 Å². The molecule has 1 aromatic carbocycles. The normalized spacial score (nSPS) is 24.5. The number of ether oxygens (including phenoxy) is 3. The summed E-state index contributed by atoms with van der Waals surface area (Å²) in [5.41, 5.74) is 1.31. The Morgan fingerprint density at radius 3 is 2.58 bits per heavy atom. The molecule has 0 spiro atoms. The number of benzene rings is 1. The second-order valence-electron chi connectivity index (χ2n) is 8.31. The Kier molecular flexibility index (Phi) is 10.8. The lowest BCUT2D eigenvalue weighted by molar-refractivity contribution is -0.305. The highest BCUT2D eigenvalue weighted by atomic mass is 16.7. The van der Waals surface area contributed by atoms with E-state index in [-0.39, 0.29) is 38.3 Å². The van der Waals surface area contributed by atoms with Crippen molar-refractivity contribution in [1.82, 2.24) is 5.32 Å². The van der Waals surface area contributed by atoms with Crippen molar-refractivity contribution in [2.24, 2.45) is 0 Å². The van der Waals surface area contributed by atoms with E-state index in [9.17, 15) is 24.9 Å². The van der Waals surface area contributed by atoms with Gasteiger partial charge in [-0.1, -0.05) is 36.9 Å². The quantitative estimate of drug-likeness (QED) is 0.364. The highest BCUT2D eigenvalue weighted by molar-refractivity contribution is 5.69. The summed E-state index contributed by atoms with van der Waals surface area (Å²) >= 11 is 0. The standard InChI is InChI=1S/C24H35NO8/c1-15(9-11-22(28)29)25-14-21(18-7-5-4-6-8-18)33-23(30)12-10-16(2)31-24-20(27)13-19(26)17(3)32-24/h4-8,16-17,19-21,24-27H,1,9-14H2,2-3H3,(H,28,29)/p-1/t16-,17?,19-,20?,21+,24-/m1/s1. The fraction of sp³-hybridized carbons (Fsp3) is 0.583. The number of nitrogens with one attached hydrogen (secondary N) is 1. The van der Waals surface area contributed by atoms with Gasteiger partial charge in [0.25, 0.3) is 0 Å². The van der Waals surface area contributed by atoms with Gasteiger partial charge in [-0.3, -0.25) is 4.79 Å². The molecular formula is C24H34NO8-. The fourth-order valence-corrected chi connectivity index (χ4v) is 3.38. The number of allylic oxidation sites excluding steroid dienone is 1. The van der Waals surface area contributed by atoms with Crippen LogP contribution in [-0.2, 0) is 23.8 Å². The SMILES string of the molecule is C=C(CCC(=O)[O-])NC[C@H](OC(=O)CC[C@@H](C)O[C@@H]1OC(C)[C@H](O)CC1O)c1ccccc1. The number of rotatable bonds is 13. The molecule has 6 atom stereocenters. The van der Waals surface area contributed by atoms with E-state index in [4.69, 9.17) is 14.2 Å². The van der Waals surface area contributed by atoms with E-state index in [1.54, 1.807) is 13.8 Å². The van der Waals surface area contributed by atoms with Crippen LogP contribution in [0.15, 0.2) is 42.6 Å². The van der Waals surface area contributed by atoms with Crippen molar-refractivity contribution in [3.8, 4) is 0 Å². The van der Waals surface area contributed by atoms with Crippen LogP contribution in [-0.4, -0.2) is 59.4 Å². The molecule has 2 rings (SSSR count). The first kappa shape index (κ1) is 26.8. The second-order valence-corrected chi connectivity index (χ2v) is 8.31. The predicted molar refractivity (Wildman–Crippen MR) is 117 cm³/mol. The first-order chi connectivity index (χ1) is 15.7. The maximum atomic E-state index is 12.5. The molecule has 1 aliphatic heterocycles. The van der Waals surface area contributed by atoms with Gasteiger partial charge < -0.3 is 39.6 Å². The van der Waals surface area contributed by atoms with Crippen molar-refractivity contribution in [2.45, 2.75) is 82.8 Å². The lowest BCUT2D eigenvalue weighted by atomic mass is 10.0. The molecule has 9 nitrogen and oxygen atoms in total. The van der Waals surface area contributed by atoms with Crippen LogP contribution in [0.5, 0.6) is 0 Å². The maximum absolute atomic E-state index is 12.5. The highest BCUT2D eigenvalue weighted by Crippen LogP contribution is 2.23. The Labute approximate surface area is 194 Å². The summed E-state index contributed by atoms with van der Waals surface area (Å²) in [6.07, 6.45) is -3.26. The largest absolute Gasteiger partial charge is 0.550 e. The van der Waals surface area contributed by atoms with Gasteiger partial charge in [-0.25, -0.2) is 0 Å². The van der Waals surface area contributed by atoms with Crippen LogP contribution in [0.3, 0.4) is 0 Å². The zero-order valence-corrected chi connectivity index (χ0v) is 19.1. The van der Waals surface area contributed by atoms with Gasteiger partial charge in [0.15, 0.2) is 6.29 Å². The number of carboxylic acids is 1. The topological polar surface area (TPSA) is 137 Å². The van der Waals surface area contributed by atoms with E-state index in [1.807, 2.05) is 30.3 Å². The molecule has 33 heavy (non-hydrogen) atoms. The number of aliphatic carboxylic acids is 1. The summed E-state index contributed by atoms with van der Waals surface area (Å²) in [4.78, 5) is 23.1. The third-order valence-corrected chi connectivity index (χ3v) is 5.42. The lowest BCUT2D eigenvalue weighted by Gasteiger charge is -2.36. The average Bonchev–Trinajstić information content (AvgIpc) is 2.78. The molecule has 9 heteroatoms. The monoisotopic (exact) mass is 464 g/mol. The molecule has 1 fully saturated rings. The van der Waals surface area contributed by atoms with Crippen molar-refractivity contribution >= 4 is 11.9 Å². The number of aliphatic hydroxyl groups excluding tert-OH is 2. The third kappa shape index (κ3) is 9.51. The minimum absolute atomic E-state index is 0.0944. The van der Waals surface area contributed by atoms with Crippen LogP contribution in [0.1, 0.15) is 57.6 Å². The van der Waals surface area contributed by atoms with Crippen LogP contribution < -0.4 is 10.4 Å². The van der Waals surface area contributed by atoms with Gasteiger partial charge >= 0.3 is 5.97 Å². The smallest absolute Gasteiger partial charge is 0.306 e.